The third-order valence-corrected chi connectivity index (χ3v) is 3.55. The maximum Gasteiger partial charge on any atom is 0.236 e. The average molecular weight is 255 g/mol. The van der Waals surface area contributed by atoms with Crippen molar-refractivity contribution in [1.82, 2.24) is 15.2 Å². The number of nitrogens with one attached hydrogen (secondary N) is 1. The molecule has 1 aromatic rings. The number of morpholine rings is 1. The molecule has 1 aromatic heterocycles. The first-order chi connectivity index (χ1) is 8.25. The largest absolute Gasteiger partial charge is 0.378 e. The fraction of sp³-hybridized carbons (Fsp3) is 0.636. The van der Waals surface area contributed by atoms with E-state index < -0.39 is 0 Å². The van der Waals surface area contributed by atoms with Crippen molar-refractivity contribution in [2.24, 2.45) is 0 Å². The molecule has 5 nitrogen and oxygen atoms in total. The summed E-state index contributed by atoms with van der Waals surface area (Å²) in [6.45, 7) is 5.72. The van der Waals surface area contributed by atoms with E-state index in [2.05, 4.69) is 10.3 Å². The van der Waals surface area contributed by atoms with Gasteiger partial charge in [-0.2, -0.15) is 0 Å². The minimum Gasteiger partial charge on any atom is -0.378 e. The molecule has 2 heterocycles. The van der Waals surface area contributed by atoms with Crippen LogP contribution in [-0.2, 0) is 16.1 Å². The van der Waals surface area contributed by atoms with E-state index in [-0.39, 0.29) is 5.91 Å². The number of aromatic nitrogens is 1. The smallest absolute Gasteiger partial charge is 0.236 e. The van der Waals surface area contributed by atoms with Crippen LogP contribution >= 0.6 is 11.3 Å². The van der Waals surface area contributed by atoms with Gasteiger partial charge in [0, 0.05) is 30.7 Å². The first-order valence-electron chi connectivity index (χ1n) is 5.73. The Morgan fingerprint density at radius 2 is 2.35 bits per heavy atom. The Morgan fingerprint density at radius 3 is 3.00 bits per heavy atom. The zero-order valence-corrected chi connectivity index (χ0v) is 10.8. The number of aryl methyl sites for hydroxylation is 1. The zero-order valence-electron chi connectivity index (χ0n) is 9.94. The van der Waals surface area contributed by atoms with E-state index in [9.17, 15) is 4.79 Å². The minimum atomic E-state index is 0.140. The highest BCUT2D eigenvalue weighted by molar-refractivity contribution is 7.09. The Balaban J connectivity index is 1.69. The Bertz CT molecular complexity index is 375. The van der Waals surface area contributed by atoms with Crippen LogP contribution < -0.4 is 5.32 Å². The number of carbonyl (C=O) groups excluding carboxylic acids is 1. The fourth-order valence-corrected chi connectivity index (χ4v) is 2.43. The third-order valence-electron chi connectivity index (χ3n) is 2.58. The Hall–Kier alpha value is -0.980. The zero-order chi connectivity index (χ0) is 12.1. The highest BCUT2D eigenvalue weighted by Gasteiger charge is 2.15. The molecular weight excluding hydrogens is 238 g/mol. The van der Waals surface area contributed by atoms with Gasteiger partial charge in [0.05, 0.1) is 19.8 Å². The van der Waals surface area contributed by atoms with Crippen LogP contribution in [0.25, 0.3) is 0 Å². The number of amides is 1. The van der Waals surface area contributed by atoms with E-state index in [1.54, 1.807) is 11.3 Å². The lowest BCUT2D eigenvalue weighted by Crippen LogP contribution is -2.44. The summed E-state index contributed by atoms with van der Waals surface area (Å²) >= 11 is 1.62. The molecule has 94 valence electrons. The van der Waals surface area contributed by atoms with Crippen LogP contribution in [0.1, 0.15) is 10.7 Å². The summed E-state index contributed by atoms with van der Waals surface area (Å²) in [5.41, 5.74) is 1.03. The SMILES string of the molecule is Cc1csc(CNCC(=O)N2CCOCC2)n1. The molecular formula is C11H17N3O2S. The van der Waals surface area contributed by atoms with Crippen molar-refractivity contribution in [3.63, 3.8) is 0 Å². The maximum atomic E-state index is 11.8. The summed E-state index contributed by atoms with van der Waals surface area (Å²) in [6.07, 6.45) is 0. The quantitative estimate of drug-likeness (QED) is 0.846. The monoisotopic (exact) mass is 255 g/mol. The van der Waals surface area contributed by atoms with Gasteiger partial charge in [-0.3, -0.25) is 4.79 Å². The molecule has 0 saturated carbocycles. The predicted molar refractivity (Wildman–Crippen MR) is 66.0 cm³/mol. The lowest BCUT2D eigenvalue weighted by molar-refractivity contribution is -0.134. The number of hydrogen-bond donors (Lipinski definition) is 1. The van der Waals surface area contributed by atoms with Gasteiger partial charge >= 0.3 is 0 Å². The van der Waals surface area contributed by atoms with Gasteiger partial charge in [0.1, 0.15) is 5.01 Å². The molecule has 0 radical (unpaired) electrons. The molecule has 0 bridgehead atoms. The molecule has 0 spiro atoms. The number of hydrogen-bond acceptors (Lipinski definition) is 5. The Labute approximate surface area is 105 Å². The third kappa shape index (κ3) is 3.76. The average Bonchev–Trinajstić information content (AvgIpc) is 2.76. The van der Waals surface area contributed by atoms with Crippen LogP contribution in [-0.4, -0.2) is 48.6 Å². The van der Waals surface area contributed by atoms with Gasteiger partial charge in [0.15, 0.2) is 0 Å². The predicted octanol–water partition coefficient (Wildman–Crippen LogP) is 0.400. The van der Waals surface area contributed by atoms with E-state index in [0.29, 0.717) is 39.4 Å². The molecule has 0 atom stereocenters. The second kappa shape index (κ2) is 6.09. The maximum absolute atomic E-state index is 11.8. The van der Waals surface area contributed by atoms with E-state index >= 15 is 0 Å². The number of carbonyl (C=O) groups is 1. The standard InChI is InChI=1S/C11H17N3O2S/c1-9-8-17-10(13-9)6-12-7-11(15)14-2-4-16-5-3-14/h8,12H,2-7H2,1H3. The van der Waals surface area contributed by atoms with Crippen molar-refractivity contribution in [2.75, 3.05) is 32.8 Å². The van der Waals surface area contributed by atoms with Gasteiger partial charge in [-0.1, -0.05) is 0 Å². The molecule has 1 saturated heterocycles. The molecule has 0 aliphatic carbocycles. The van der Waals surface area contributed by atoms with Crippen molar-refractivity contribution < 1.29 is 9.53 Å². The van der Waals surface area contributed by atoms with Crippen LogP contribution in [0.2, 0.25) is 0 Å². The lowest BCUT2D eigenvalue weighted by Gasteiger charge is -2.26. The molecule has 0 aromatic carbocycles. The van der Waals surface area contributed by atoms with Gasteiger partial charge in [-0.25, -0.2) is 4.98 Å². The molecule has 6 heteroatoms. The summed E-state index contributed by atoms with van der Waals surface area (Å²) in [4.78, 5) is 18.0. The van der Waals surface area contributed by atoms with Crippen molar-refractivity contribution in [1.29, 1.82) is 0 Å². The van der Waals surface area contributed by atoms with Crippen LogP contribution in [0, 0.1) is 6.92 Å². The van der Waals surface area contributed by atoms with Crippen molar-refractivity contribution >= 4 is 17.2 Å². The fourth-order valence-electron chi connectivity index (χ4n) is 1.68. The number of nitrogens with zero attached hydrogens (tertiary/aromatic N) is 2. The molecule has 1 aliphatic rings. The van der Waals surface area contributed by atoms with Gasteiger partial charge in [0.25, 0.3) is 0 Å². The number of thiazole rings is 1. The first kappa shape index (κ1) is 12.5. The molecule has 1 aliphatic heterocycles. The van der Waals surface area contributed by atoms with Crippen molar-refractivity contribution in [3.8, 4) is 0 Å². The van der Waals surface area contributed by atoms with Crippen LogP contribution in [0.15, 0.2) is 5.38 Å². The summed E-state index contributed by atoms with van der Waals surface area (Å²) in [5.74, 6) is 0.140. The van der Waals surface area contributed by atoms with Gasteiger partial charge in [-0.15, -0.1) is 11.3 Å². The highest BCUT2D eigenvalue weighted by Crippen LogP contribution is 2.07. The van der Waals surface area contributed by atoms with Crippen molar-refractivity contribution in [3.05, 3.63) is 16.1 Å². The van der Waals surface area contributed by atoms with Gasteiger partial charge < -0.3 is 15.0 Å². The second-order valence-corrected chi connectivity index (χ2v) is 4.92. The summed E-state index contributed by atoms with van der Waals surface area (Å²) in [5, 5.41) is 6.17. The molecule has 1 fully saturated rings. The molecule has 2 rings (SSSR count). The van der Waals surface area contributed by atoms with E-state index in [0.717, 1.165) is 10.7 Å². The second-order valence-electron chi connectivity index (χ2n) is 3.98. The summed E-state index contributed by atoms with van der Waals surface area (Å²) < 4.78 is 5.20. The van der Waals surface area contributed by atoms with E-state index in [1.807, 2.05) is 17.2 Å². The number of ether oxygens (including phenoxy) is 1. The van der Waals surface area contributed by atoms with E-state index in [1.165, 1.54) is 0 Å². The summed E-state index contributed by atoms with van der Waals surface area (Å²) in [6, 6.07) is 0. The molecule has 1 amide bonds. The van der Waals surface area contributed by atoms with Crippen LogP contribution in [0.3, 0.4) is 0 Å². The molecule has 0 unspecified atom stereocenters. The topological polar surface area (TPSA) is 54.5 Å². The highest BCUT2D eigenvalue weighted by atomic mass is 32.1. The Kier molecular flexibility index (Phi) is 4.47. The van der Waals surface area contributed by atoms with Gasteiger partial charge in [0.2, 0.25) is 5.91 Å². The van der Waals surface area contributed by atoms with Crippen LogP contribution in [0.4, 0.5) is 0 Å². The normalized spacial score (nSPS) is 16.2. The van der Waals surface area contributed by atoms with Crippen molar-refractivity contribution in [2.45, 2.75) is 13.5 Å². The Morgan fingerprint density at radius 1 is 1.59 bits per heavy atom. The van der Waals surface area contributed by atoms with E-state index in [4.69, 9.17) is 4.74 Å². The number of rotatable bonds is 4. The van der Waals surface area contributed by atoms with Gasteiger partial charge in [-0.05, 0) is 6.92 Å². The molecule has 17 heavy (non-hydrogen) atoms. The van der Waals surface area contributed by atoms with Crippen LogP contribution in [0.5, 0.6) is 0 Å². The minimum absolute atomic E-state index is 0.140. The summed E-state index contributed by atoms with van der Waals surface area (Å²) in [7, 11) is 0. The lowest BCUT2D eigenvalue weighted by atomic mass is 10.4. The first-order valence-corrected chi connectivity index (χ1v) is 6.61. The molecule has 1 N–H and O–H groups in total.